The van der Waals surface area contributed by atoms with Crippen LogP contribution in [0.5, 0.6) is 11.5 Å². The number of sulfonamides is 1. The number of hydrogen-bond acceptors (Lipinski definition) is 8. The Labute approximate surface area is 195 Å². The van der Waals surface area contributed by atoms with E-state index in [9.17, 15) is 13.2 Å². The Morgan fingerprint density at radius 3 is 2.67 bits per heavy atom. The van der Waals surface area contributed by atoms with Crippen molar-refractivity contribution in [2.75, 3.05) is 24.3 Å². The summed E-state index contributed by atoms with van der Waals surface area (Å²) in [4.78, 5) is 12.8. The second kappa shape index (κ2) is 9.28. The van der Waals surface area contributed by atoms with Crippen LogP contribution in [0.4, 0.5) is 11.4 Å². The van der Waals surface area contributed by atoms with Crippen LogP contribution in [0.3, 0.4) is 0 Å². The summed E-state index contributed by atoms with van der Waals surface area (Å²) in [7, 11) is -0.894. The van der Waals surface area contributed by atoms with Crippen molar-refractivity contribution in [1.82, 2.24) is 5.16 Å². The zero-order valence-corrected chi connectivity index (χ0v) is 19.9. The average Bonchev–Trinajstić information content (AvgIpc) is 3.44. The summed E-state index contributed by atoms with van der Waals surface area (Å²) in [6.07, 6.45) is 5.15. The number of rotatable bonds is 9. The maximum atomic E-state index is 12.9. The number of carbonyl (C=O) groups excluding carboxylic acids is 1. The molecule has 1 aliphatic carbocycles. The van der Waals surface area contributed by atoms with Gasteiger partial charge in [-0.05, 0) is 56.2 Å². The number of anilines is 2. The van der Waals surface area contributed by atoms with Crippen LogP contribution in [0.1, 0.15) is 29.2 Å². The third-order valence-electron chi connectivity index (χ3n) is 5.00. The quantitative estimate of drug-likeness (QED) is 0.458. The van der Waals surface area contributed by atoms with Crippen molar-refractivity contribution >= 4 is 50.8 Å². The molecule has 2 heterocycles. The fourth-order valence-corrected chi connectivity index (χ4v) is 5.33. The van der Waals surface area contributed by atoms with Crippen LogP contribution in [0.25, 0.3) is 12.2 Å². The van der Waals surface area contributed by atoms with E-state index in [0.717, 1.165) is 24.2 Å². The van der Waals surface area contributed by atoms with E-state index in [1.807, 2.05) is 0 Å². The summed E-state index contributed by atoms with van der Waals surface area (Å²) in [6.45, 7) is 1.75. The molecule has 9 nitrogen and oxygen atoms in total. The third-order valence-corrected chi connectivity index (χ3v) is 7.91. The molecule has 1 amide bonds. The fourth-order valence-electron chi connectivity index (χ4n) is 3.04. The minimum Gasteiger partial charge on any atom is -0.497 e. The van der Waals surface area contributed by atoms with Crippen LogP contribution in [0.2, 0.25) is 0 Å². The van der Waals surface area contributed by atoms with Crippen LogP contribution in [0.15, 0.2) is 39.1 Å². The molecule has 0 unspecified atom stereocenters. The number of nitrogens with zero attached hydrogens (tertiary/aromatic N) is 1. The van der Waals surface area contributed by atoms with Gasteiger partial charge in [0.05, 0.1) is 19.9 Å². The van der Waals surface area contributed by atoms with Crippen LogP contribution < -0.4 is 19.5 Å². The van der Waals surface area contributed by atoms with Crippen LogP contribution in [-0.4, -0.2) is 33.7 Å². The molecule has 2 N–H and O–H groups in total. The van der Waals surface area contributed by atoms with Crippen LogP contribution >= 0.6 is 11.3 Å². The first kappa shape index (κ1) is 22.9. The summed E-state index contributed by atoms with van der Waals surface area (Å²) in [5.41, 5.74) is 1.38. The first-order valence-corrected chi connectivity index (χ1v) is 12.4. The number of aromatic nitrogens is 1. The highest BCUT2D eigenvalue weighted by molar-refractivity contribution is 7.94. The number of ether oxygens (including phenoxy) is 2. The van der Waals surface area contributed by atoms with E-state index in [4.69, 9.17) is 14.0 Å². The van der Waals surface area contributed by atoms with Gasteiger partial charge in [-0.25, -0.2) is 8.42 Å². The fraction of sp³-hybridized carbons (Fsp3) is 0.273. The highest BCUT2D eigenvalue weighted by Gasteiger charge is 2.31. The number of methoxy groups -OCH3 is 2. The van der Waals surface area contributed by atoms with Crippen molar-refractivity contribution in [2.45, 2.75) is 24.0 Å². The number of benzene rings is 1. The van der Waals surface area contributed by atoms with Gasteiger partial charge in [-0.3, -0.25) is 9.52 Å². The maximum Gasteiger partial charge on any atom is 0.271 e. The highest BCUT2D eigenvalue weighted by Crippen LogP contribution is 2.34. The Kier molecular flexibility index (Phi) is 6.43. The van der Waals surface area contributed by atoms with Gasteiger partial charge in [0, 0.05) is 16.9 Å². The lowest BCUT2D eigenvalue weighted by molar-refractivity contribution is -0.117. The summed E-state index contributed by atoms with van der Waals surface area (Å²) in [5, 5.41) is 6.78. The second-order valence-corrected chi connectivity index (χ2v) is 10.5. The number of thiophene rings is 1. The minimum absolute atomic E-state index is 0.0421. The Hall–Kier alpha value is -3.31. The molecule has 0 saturated heterocycles. The van der Waals surface area contributed by atoms with E-state index in [0.29, 0.717) is 33.5 Å². The van der Waals surface area contributed by atoms with Crippen molar-refractivity contribution in [1.29, 1.82) is 0 Å². The Morgan fingerprint density at radius 2 is 1.97 bits per heavy atom. The summed E-state index contributed by atoms with van der Waals surface area (Å²) >= 11 is 1.08. The van der Waals surface area contributed by atoms with E-state index in [1.54, 1.807) is 43.3 Å². The van der Waals surface area contributed by atoms with Crippen molar-refractivity contribution < 1.29 is 27.2 Å². The van der Waals surface area contributed by atoms with Crippen molar-refractivity contribution in [2.24, 2.45) is 5.92 Å². The predicted molar refractivity (Wildman–Crippen MR) is 126 cm³/mol. The van der Waals surface area contributed by atoms with Crippen LogP contribution in [0, 0.1) is 12.8 Å². The molecule has 1 fully saturated rings. The number of amides is 1. The molecule has 0 bridgehead atoms. The van der Waals surface area contributed by atoms with Crippen molar-refractivity contribution in [3.63, 3.8) is 0 Å². The van der Waals surface area contributed by atoms with Gasteiger partial charge in [-0.2, -0.15) is 0 Å². The molecule has 0 atom stereocenters. The zero-order valence-electron chi connectivity index (χ0n) is 18.2. The normalized spacial score (nSPS) is 13.8. The molecule has 3 aromatic rings. The van der Waals surface area contributed by atoms with E-state index in [-0.39, 0.29) is 21.7 Å². The lowest BCUT2D eigenvalue weighted by Gasteiger charge is -2.12. The molecular weight excluding hydrogens is 466 g/mol. The van der Waals surface area contributed by atoms with Crippen molar-refractivity contribution in [3.05, 3.63) is 46.7 Å². The molecule has 0 radical (unpaired) electrons. The lowest BCUT2D eigenvalue weighted by Crippen LogP contribution is -2.14. The molecule has 33 heavy (non-hydrogen) atoms. The minimum atomic E-state index is -3.85. The standard InChI is InChI=1S/C22H23N3O6S2/c1-13-21(23-22(26)14-4-5-14)19(31-24-13)10-7-16-8-11-20(32-16)33(27,28)25-17-12-15(29-2)6-9-18(17)30-3/h6-12,14,25H,4-5H2,1-3H3,(H,23,26)/b10-7+. The smallest absolute Gasteiger partial charge is 0.271 e. The molecular formula is C22H23N3O6S2. The zero-order chi connectivity index (χ0) is 23.6. The van der Waals surface area contributed by atoms with Gasteiger partial charge >= 0.3 is 0 Å². The molecule has 11 heteroatoms. The Morgan fingerprint density at radius 1 is 1.18 bits per heavy atom. The van der Waals surface area contributed by atoms with E-state index >= 15 is 0 Å². The first-order valence-electron chi connectivity index (χ1n) is 10.1. The average molecular weight is 490 g/mol. The van der Waals surface area contributed by atoms with Gasteiger partial charge in [-0.15, -0.1) is 11.3 Å². The molecule has 0 aliphatic heterocycles. The van der Waals surface area contributed by atoms with Crippen LogP contribution in [-0.2, 0) is 14.8 Å². The van der Waals surface area contributed by atoms with Gasteiger partial charge in [0.1, 0.15) is 27.1 Å². The Bertz CT molecular complexity index is 1310. The summed E-state index contributed by atoms with van der Waals surface area (Å²) < 4.78 is 44.2. The number of hydrogen-bond donors (Lipinski definition) is 2. The molecule has 174 valence electrons. The SMILES string of the molecule is COc1ccc(OC)c(NS(=O)(=O)c2ccc(/C=C/c3onc(C)c3NC(=O)C3CC3)s2)c1. The van der Waals surface area contributed by atoms with Gasteiger partial charge in [0.25, 0.3) is 10.0 Å². The molecule has 2 aromatic heterocycles. The largest absolute Gasteiger partial charge is 0.497 e. The molecule has 4 rings (SSSR count). The summed E-state index contributed by atoms with van der Waals surface area (Å²) in [5.74, 6) is 1.28. The number of nitrogens with one attached hydrogen (secondary N) is 2. The Balaban J connectivity index is 1.51. The molecule has 1 saturated carbocycles. The van der Waals surface area contributed by atoms with Gasteiger partial charge in [-0.1, -0.05) is 5.16 Å². The van der Waals surface area contributed by atoms with E-state index < -0.39 is 10.0 Å². The van der Waals surface area contributed by atoms with Gasteiger partial charge < -0.3 is 19.3 Å². The summed E-state index contributed by atoms with van der Waals surface area (Å²) in [6, 6.07) is 8.05. The van der Waals surface area contributed by atoms with Gasteiger partial charge in [0.15, 0.2) is 5.76 Å². The first-order chi connectivity index (χ1) is 15.8. The number of aryl methyl sites for hydroxylation is 1. The third kappa shape index (κ3) is 5.20. The number of carbonyl (C=O) groups is 1. The maximum absolute atomic E-state index is 12.9. The lowest BCUT2D eigenvalue weighted by atomic mass is 10.2. The molecule has 0 spiro atoms. The van der Waals surface area contributed by atoms with Crippen molar-refractivity contribution in [3.8, 4) is 11.5 Å². The molecule has 1 aliphatic rings. The van der Waals surface area contributed by atoms with Gasteiger partial charge in [0.2, 0.25) is 5.91 Å². The topological polar surface area (TPSA) is 120 Å². The monoisotopic (exact) mass is 489 g/mol. The predicted octanol–water partition coefficient (Wildman–Crippen LogP) is 4.38. The van der Waals surface area contributed by atoms with E-state index in [1.165, 1.54) is 20.3 Å². The second-order valence-electron chi connectivity index (χ2n) is 7.43. The highest BCUT2D eigenvalue weighted by atomic mass is 32.2. The van der Waals surface area contributed by atoms with E-state index in [2.05, 4.69) is 15.2 Å². The molecule has 1 aromatic carbocycles.